The fourth-order valence-corrected chi connectivity index (χ4v) is 3.18. The first kappa shape index (κ1) is 16.4. The number of fused-ring (bicyclic) bond motifs is 1. The second kappa shape index (κ2) is 7.06. The van der Waals surface area contributed by atoms with Crippen LogP contribution in [0.5, 0.6) is 0 Å². The molecule has 0 fully saturated rings. The summed E-state index contributed by atoms with van der Waals surface area (Å²) in [7, 11) is 0. The number of furan rings is 1. The van der Waals surface area contributed by atoms with E-state index in [1.165, 1.54) is 0 Å². The number of hydrogen-bond donors (Lipinski definition) is 1. The van der Waals surface area contributed by atoms with Gasteiger partial charge in [-0.3, -0.25) is 4.79 Å². The van der Waals surface area contributed by atoms with E-state index in [-0.39, 0.29) is 5.91 Å². The third kappa shape index (κ3) is 3.22. The number of rotatable bonds is 4. The predicted molar refractivity (Wildman–Crippen MR) is 103 cm³/mol. The van der Waals surface area contributed by atoms with Crippen LogP contribution < -0.4 is 5.32 Å². The highest BCUT2D eigenvalue weighted by molar-refractivity contribution is 6.33. The number of benzene rings is 3. The smallest absolute Gasteiger partial charge is 0.253 e. The highest BCUT2D eigenvalue weighted by Crippen LogP contribution is 2.29. The van der Waals surface area contributed by atoms with Gasteiger partial charge in [0.15, 0.2) is 0 Å². The van der Waals surface area contributed by atoms with Gasteiger partial charge in [0.05, 0.1) is 10.6 Å². The Morgan fingerprint density at radius 2 is 1.58 bits per heavy atom. The van der Waals surface area contributed by atoms with Crippen molar-refractivity contribution in [3.63, 3.8) is 0 Å². The highest BCUT2D eigenvalue weighted by atomic mass is 35.5. The molecule has 0 radical (unpaired) electrons. The second-order valence-electron chi connectivity index (χ2n) is 5.98. The molecule has 4 rings (SSSR count). The van der Waals surface area contributed by atoms with Crippen molar-refractivity contribution >= 4 is 28.5 Å². The van der Waals surface area contributed by atoms with Gasteiger partial charge in [-0.1, -0.05) is 72.3 Å². The molecule has 1 N–H and O–H groups in total. The van der Waals surface area contributed by atoms with Crippen molar-refractivity contribution in [2.45, 2.75) is 6.04 Å². The summed E-state index contributed by atoms with van der Waals surface area (Å²) in [4.78, 5) is 12.8. The molecule has 1 atom stereocenters. The van der Waals surface area contributed by atoms with Crippen molar-refractivity contribution in [1.82, 2.24) is 5.32 Å². The van der Waals surface area contributed by atoms with E-state index in [1.807, 2.05) is 60.7 Å². The Kier molecular flexibility index (Phi) is 4.46. The number of carbonyl (C=O) groups is 1. The summed E-state index contributed by atoms with van der Waals surface area (Å²) < 4.78 is 6.00. The van der Waals surface area contributed by atoms with Gasteiger partial charge in [0.1, 0.15) is 17.4 Å². The number of para-hydroxylation sites is 1. The van der Waals surface area contributed by atoms with Crippen LogP contribution in [0.3, 0.4) is 0 Å². The predicted octanol–water partition coefficient (Wildman–Crippen LogP) is 5.61. The van der Waals surface area contributed by atoms with E-state index in [0.717, 1.165) is 16.5 Å². The Bertz CT molecular complexity index is 1020. The van der Waals surface area contributed by atoms with Crippen LogP contribution in [0, 0.1) is 0 Å². The van der Waals surface area contributed by atoms with Gasteiger partial charge in [0.25, 0.3) is 5.91 Å². The van der Waals surface area contributed by atoms with Crippen molar-refractivity contribution in [2.24, 2.45) is 0 Å². The first-order chi connectivity index (χ1) is 12.7. The molecule has 0 aliphatic rings. The molecule has 0 saturated carbocycles. The molecule has 128 valence electrons. The largest absolute Gasteiger partial charge is 0.459 e. The molecule has 0 aliphatic carbocycles. The Morgan fingerprint density at radius 1 is 0.885 bits per heavy atom. The third-order valence-corrected chi connectivity index (χ3v) is 4.59. The van der Waals surface area contributed by atoms with Crippen LogP contribution in [0.1, 0.15) is 27.7 Å². The topological polar surface area (TPSA) is 42.2 Å². The molecule has 0 bridgehead atoms. The minimum atomic E-state index is -0.410. The van der Waals surface area contributed by atoms with Crippen LogP contribution in [0.25, 0.3) is 11.0 Å². The Hall–Kier alpha value is -3.04. The standard InChI is InChI=1S/C22H16ClNO2/c23-18-12-6-5-11-17(18)22(25)24-21(15-8-2-1-3-9-15)20-14-16-10-4-7-13-19(16)26-20/h1-14,21H,(H,24,25)/t21-/m0/s1. The average Bonchev–Trinajstić information content (AvgIpc) is 3.11. The lowest BCUT2D eigenvalue weighted by atomic mass is 10.0. The minimum absolute atomic E-state index is 0.245. The van der Waals surface area contributed by atoms with E-state index in [4.69, 9.17) is 16.0 Å². The van der Waals surface area contributed by atoms with Gasteiger partial charge >= 0.3 is 0 Å². The molecule has 4 aromatic rings. The second-order valence-corrected chi connectivity index (χ2v) is 6.39. The summed E-state index contributed by atoms with van der Waals surface area (Å²) in [5, 5.41) is 4.46. The van der Waals surface area contributed by atoms with Crippen molar-refractivity contribution < 1.29 is 9.21 Å². The molecule has 0 unspecified atom stereocenters. The van der Waals surface area contributed by atoms with Gasteiger partial charge in [0, 0.05) is 5.39 Å². The number of halogens is 1. The summed E-state index contributed by atoms with van der Waals surface area (Å²) >= 11 is 6.17. The van der Waals surface area contributed by atoms with E-state index < -0.39 is 6.04 Å². The van der Waals surface area contributed by atoms with Crippen LogP contribution in [-0.2, 0) is 0 Å². The normalized spacial score (nSPS) is 12.0. The van der Waals surface area contributed by atoms with Crippen molar-refractivity contribution in [1.29, 1.82) is 0 Å². The van der Waals surface area contributed by atoms with E-state index in [9.17, 15) is 4.79 Å². The molecule has 0 spiro atoms. The Balaban J connectivity index is 1.74. The Labute approximate surface area is 156 Å². The van der Waals surface area contributed by atoms with Crippen molar-refractivity contribution in [3.05, 3.63) is 107 Å². The van der Waals surface area contributed by atoms with E-state index in [1.54, 1.807) is 24.3 Å². The minimum Gasteiger partial charge on any atom is -0.459 e. The third-order valence-electron chi connectivity index (χ3n) is 4.26. The van der Waals surface area contributed by atoms with Crippen LogP contribution in [-0.4, -0.2) is 5.91 Å². The maximum atomic E-state index is 12.8. The quantitative estimate of drug-likeness (QED) is 0.513. The van der Waals surface area contributed by atoms with Crippen LogP contribution in [0.4, 0.5) is 0 Å². The first-order valence-electron chi connectivity index (χ1n) is 8.31. The van der Waals surface area contributed by atoms with E-state index >= 15 is 0 Å². The van der Waals surface area contributed by atoms with Crippen LogP contribution >= 0.6 is 11.6 Å². The lowest BCUT2D eigenvalue weighted by molar-refractivity contribution is 0.0939. The van der Waals surface area contributed by atoms with Crippen molar-refractivity contribution in [3.8, 4) is 0 Å². The molecule has 1 amide bonds. The summed E-state index contributed by atoms with van der Waals surface area (Å²) in [6.07, 6.45) is 0. The zero-order valence-corrected chi connectivity index (χ0v) is 14.6. The zero-order chi connectivity index (χ0) is 17.9. The maximum Gasteiger partial charge on any atom is 0.253 e. The fraction of sp³-hybridized carbons (Fsp3) is 0.0455. The van der Waals surface area contributed by atoms with Crippen LogP contribution in [0.2, 0.25) is 5.02 Å². The molecule has 0 aliphatic heterocycles. The first-order valence-corrected chi connectivity index (χ1v) is 8.69. The fourth-order valence-electron chi connectivity index (χ4n) is 2.96. The van der Waals surface area contributed by atoms with Crippen molar-refractivity contribution in [2.75, 3.05) is 0 Å². The van der Waals surface area contributed by atoms with Gasteiger partial charge in [-0.25, -0.2) is 0 Å². The summed E-state index contributed by atoms with van der Waals surface area (Å²) in [5.41, 5.74) is 2.16. The molecule has 0 saturated heterocycles. The molecule has 1 aromatic heterocycles. The molecule has 1 heterocycles. The molecule has 26 heavy (non-hydrogen) atoms. The summed E-state index contributed by atoms with van der Waals surface area (Å²) in [6, 6.07) is 26.1. The molecule has 3 aromatic carbocycles. The zero-order valence-electron chi connectivity index (χ0n) is 13.9. The monoisotopic (exact) mass is 361 g/mol. The van der Waals surface area contributed by atoms with E-state index in [2.05, 4.69) is 5.32 Å². The molecular weight excluding hydrogens is 346 g/mol. The van der Waals surface area contributed by atoms with E-state index in [0.29, 0.717) is 16.3 Å². The number of amides is 1. The van der Waals surface area contributed by atoms with Gasteiger partial charge in [-0.05, 0) is 29.8 Å². The number of carbonyl (C=O) groups excluding carboxylic acids is 1. The van der Waals surface area contributed by atoms with Crippen LogP contribution in [0.15, 0.2) is 89.3 Å². The average molecular weight is 362 g/mol. The number of nitrogens with one attached hydrogen (secondary N) is 1. The summed E-state index contributed by atoms with van der Waals surface area (Å²) in [5.74, 6) is 0.433. The summed E-state index contributed by atoms with van der Waals surface area (Å²) in [6.45, 7) is 0. The van der Waals surface area contributed by atoms with Gasteiger partial charge in [-0.15, -0.1) is 0 Å². The maximum absolute atomic E-state index is 12.8. The van der Waals surface area contributed by atoms with Gasteiger partial charge < -0.3 is 9.73 Å². The van der Waals surface area contributed by atoms with Gasteiger partial charge in [0.2, 0.25) is 0 Å². The lowest BCUT2D eigenvalue weighted by Crippen LogP contribution is -2.29. The SMILES string of the molecule is O=C(N[C@@H](c1ccccc1)c1cc2ccccc2o1)c1ccccc1Cl. The van der Waals surface area contributed by atoms with Gasteiger partial charge in [-0.2, -0.15) is 0 Å². The number of hydrogen-bond acceptors (Lipinski definition) is 2. The Morgan fingerprint density at radius 3 is 2.35 bits per heavy atom. The molecule has 3 nitrogen and oxygen atoms in total. The lowest BCUT2D eigenvalue weighted by Gasteiger charge is -2.17. The molecular formula is C22H16ClNO2. The molecule has 4 heteroatoms. The highest BCUT2D eigenvalue weighted by Gasteiger charge is 2.22.